The monoisotopic (exact) mass is 404 g/mol. The first-order chi connectivity index (χ1) is 13.4. The lowest BCUT2D eigenvalue weighted by molar-refractivity contribution is 0.244. The SMILES string of the molecule is CN1C[C@@H](NS(=O)(=O)c2ccc(F)cc2)C[C@H]1c1nc(-c2cnccn2)no1. The standard InChI is InChI=1S/C17H17FN6O3S/c1-24-10-12(23-28(25,26)13-4-2-11(18)3-5-13)8-15(24)17-21-16(22-27-17)14-9-19-6-7-20-14/h2-7,9,12,15,23H,8,10H2,1H3/t12-,15-/m0/s1. The van der Waals surface area contributed by atoms with Crippen molar-refractivity contribution in [1.29, 1.82) is 0 Å². The first-order valence-corrected chi connectivity index (χ1v) is 9.99. The molecule has 146 valence electrons. The van der Waals surface area contributed by atoms with Gasteiger partial charge in [-0.25, -0.2) is 22.5 Å². The van der Waals surface area contributed by atoms with Crippen LogP contribution in [0.1, 0.15) is 18.4 Å². The molecule has 0 bridgehead atoms. The van der Waals surface area contributed by atoms with Crippen molar-refractivity contribution < 1.29 is 17.3 Å². The molecule has 0 radical (unpaired) electrons. The van der Waals surface area contributed by atoms with E-state index >= 15 is 0 Å². The predicted molar refractivity (Wildman–Crippen MR) is 95.8 cm³/mol. The Kier molecular flexibility index (Phi) is 4.87. The minimum Gasteiger partial charge on any atom is -0.337 e. The first kappa shape index (κ1) is 18.6. The van der Waals surface area contributed by atoms with Crippen molar-refractivity contribution in [3.05, 3.63) is 54.6 Å². The molecule has 0 spiro atoms. The highest BCUT2D eigenvalue weighted by molar-refractivity contribution is 7.89. The first-order valence-electron chi connectivity index (χ1n) is 8.50. The number of hydrogen-bond donors (Lipinski definition) is 1. The fraction of sp³-hybridized carbons (Fsp3) is 0.294. The number of likely N-dealkylation sites (tertiary alicyclic amines) is 1. The summed E-state index contributed by atoms with van der Waals surface area (Å²) in [6, 6.07) is 4.11. The Morgan fingerprint density at radius 3 is 2.75 bits per heavy atom. The number of sulfonamides is 1. The van der Waals surface area contributed by atoms with Crippen LogP contribution in [0.15, 0.2) is 52.3 Å². The van der Waals surface area contributed by atoms with E-state index in [9.17, 15) is 12.8 Å². The fourth-order valence-electron chi connectivity index (χ4n) is 3.16. The van der Waals surface area contributed by atoms with E-state index in [-0.39, 0.29) is 17.0 Å². The lowest BCUT2D eigenvalue weighted by atomic mass is 10.2. The minimum atomic E-state index is -3.76. The van der Waals surface area contributed by atoms with Crippen LogP contribution >= 0.6 is 0 Å². The average Bonchev–Trinajstić information content (AvgIpc) is 3.29. The van der Waals surface area contributed by atoms with Crippen LogP contribution in [0, 0.1) is 5.82 Å². The highest BCUT2D eigenvalue weighted by atomic mass is 32.2. The van der Waals surface area contributed by atoms with Gasteiger partial charge in [-0.2, -0.15) is 4.98 Å². The summed E-state index contributed by atoms with van der Waals surface area (Å²) in [7, 11) is -1.91. The summed E-state index contributed by atoms with van der Waals surface area (Å²) in [5, 5.41) is 3.93. The molecule has 0 amide bonds. The molecule has 1 aliphatic heterocycles. The summed E-state index contributed by atoms with van der Waals surface area (Å²) in [4.78, 5) is 14.4. The third-order valence-corrected chi connectivity index (χ3v) is 6.05. The van der Waals surface area contributed by atoms with E-state index in [1.807, 2.05) is 11.9 Å². The van der Waals surface area contributed by atoms with Gasteiger partial charge in [0.05, 0.1) is 17.1 Å². The lowest BCUT2D eigenvalue weighted by Gasteiger charge is -2.14. The molecule has 2 atom stereocenters. The number of hydrogen-bond acceptors (Lipinski definition) is 8. The number of rotatable bonds is 5. The molecule has 1 aromatic carbocycles. The minimum absolute atomic E-state index is 0.0164. The van der Waals surface area contributed by atoms with Crippen molar-refractivity contribution in [1.82, 2.24) is 29.7 Å². The average molecular weight is 404 g/mol. The van der Waals surface area contributed by atoms with E-state index in [1.165, 1.54) is 24.5 Å². The highest BCUT2D eigenvalue weighted by Crippen LogP contribution is 2.31. The molecule has 0 aliphatic carbocycles. The summed E-state index contributed by atoms with van der Waals surface area (Å²) >= 11 is 0. The number of halogens is 1. The van der Waals surface area contributed by atoms with Gasteiger partial charge in [-0.1, -0.05) is 5.16 Å². The molecule has 0 saturated carbocycles. The molecule has 28 heavy (non-hydrogen) atoms. The number of nitrogens with zero attached hydrogens (tertiary/aromatic N) is 5. The van der Waals surface area contributed by atoms with Crippen LogP contribution in [0.5, 0.6) is 0 Å². The van der Waals surface area contributed by atoms with Crippen LogP contribution in [-0.4, -0.2) is 53.1 Å². The van der Waals surface area contributed by atoms with Gasteiger partial charge in [-0.15, -0.1) is 0 Å². The Bertz CT molecular complexity index is 1060. The normalized spacial score (nSPS) is 20.5. The Balaban J connectivity index is 1.48. The summed E-state index contributed by atoms with van der Waals surface area (Å²) in [5.74, 6) is 0.216. The van der Waals surface area contributed by atoms with E-state index in [0.29, 0.717) is 30.4 Å². The molecule has 9 nitrogen and oxygen atoms in total. The van der Waals surface area contributed by atoms with Crippen LogP contribution < -0.4 is 4.72 Å². The van der Waals surface area contributed by atoms with Crippen molar-refractivity contribution in [3.63, 3.8) is 0 Å². The third-order valence-electron chi connectivity index (χ3n) is 4.51. The van der Waals surface area contributed by atoms with E-state index in [0.717, 1.165) is 12.1 Å². The molecule has 1 aliphatic rings. The molecule has 1 N–H and O–H groups in total. The Morgan fingerprint density at radius 2 is 2.04 bits per heavy atom. The maximum atomic E-state index is 13.0. The number of nitrogens with one attached hydrogen (secondary N) is 1. The molecular formula is C17H17FN6O3S. The maximum Gasteiger partial charge on any atom is 0.244 e. The second kappa shape index (κ2) is 7.34. The summed E-state index contributed by atoms with van der Waals surface area (Å²) < 4.78 is 46.1. The molecule has 11 heteroatoms. The van der Waals surface area contributed by atoms with Crippen molar-refractivity contribution in [2.24, 2.45) is 0 Å². The van der Waals surface area contributed by atoms with Crippen molar-refractivity contribution in [2.45, 2.75) is 23.4 Å². The third kappa shape index (κ3) is 3.77. The van der Waals surface area contributed by atoms with E-state index in [4.69, 9.17) is 4.52 Å². The fourth-order valence-corrected chi connectivity index (χ4v) is 4.40. The molecular weight excluding hydrogens is 387 g/mol. The van der Waals surface area contributed by atoms with Gasteiger partial charge in [0.25, 0.3) is 0 Å². The van der Waals surface area contributed by atoms with Crippen molar-refractivity contribution in [3.8, 4) is 11.5 Å². The van der Waals surface area contributed by atoms with E-state index < -0.39 is 15.8 Å². The van der Waals surface area contributed by atoms with Gasteiger partial charge >= 0.3 is 0 Å². The second-order valence-corrected chi connectivity index (χ2v) is 8.22. The van der Waals surface area contributed by atoms with Gasteiger partial charge in [0.1, 0.15) is 11.5 Å². The zero-order valence-corrected chi connectivity index (χ0v) is 15.7. The van der Waals surface area contributed by atoms with Gasteiger partial charge in [-0.3, -0.25) is 9.88 Å². The Hall–Kier alpha value is -2.76. The van der Waals surface area contributed by atoms with Gasteiger partial charge < -0.3 is 4.52 Å². The summed E-state index contributed by atoms with van der Waals surface area (Å²) in [6.07, 6.45) is 5.08. The lowest BCUT2D eigenvalue weighted by Crippen LogP contribution is -2.36. The summed E-state index contributed by atoms with van der Waals surface area (Å²) in [5.41, 5.74) is 0.492. The van der Waals surface area contributed by atoms with Crippen LogP contribution in [-0.2, 0) is 10.0 Å². The van der Waals surface area contributed by atoms with Crippen molar-refractivity contribution >= 4 is 10.0 Å². The van der Waals surface area contributed by atoms with E-state index in [2.05, 4.69) is 24.8 Å². The molecule has 4 rings (SSSR count). The molecule has 1 saturated heterocycles. The van der Waals surface area contributed by atoms with Gasteiger partial charge in [0, 0.05) is 25.0 Å². The topological polar surface area (TPSA) is 114 Å². The van der Waals surface area contributed by atoms with Gasteiger partial charge in [0.15, 0.2) is 0 Å². The zero-order valence-electron chi connectivity index (χ0n) is 14.9. The van der Waals surface area contributed by atoms with Gasteiger partial charge in [0.2, 0.25) is 21.7 Å². The van der Waals surface area contributed by atoms with Crippen LogP contribution in [0.3, 0.4) is 0 Å². The zero-order chi connectivity index (χ0) is 19.7. The smallest absolute Gasteiger partial charge is 0.244 e. The quantitative estimate of drug-likeness (QED) is 0.679. The summed E-state index contributed by atoms with van der Waals surface area (Å²) in [6.45, 7) is 0.466. The van der Waals surface area contributed by atoms with Crippen LogP contribution in [0.4, 0.5) is 4.39 Å². The maximum absolute atomic E-state index is 13.0. The largest absolute Gasteiger partial charge is 0.337 e. The predicted octanol–water partition coefficient (Wildman–Crippen LogP) is 1.39. The van der Waals surface area contributed by atoms with Gasteiger partial charge in [-0.05, 0) is 37.7 Å². The van der Waals surface area contributed by atoms with Crippen molar-refractivity contribution in [2.75, 3.05) is 13.6 Å². The Labute approximate surface area is 160 Å². The molecule has 2 aromatic heterocycles. The molecule has 3 aromatic rings. The second-order valence-electron chi connectivity index (χ2n) is 6.51. The van der Waals surface area contributed by atoms with E-state index in [1.54, 1.807) is 6.20 Å². The highest BCUT2D eigenvalue weighted by Gasteiger charge is 2.36. The molecule has 3 heterocycles. The van der Waals surface area contributed by atoms with Crippen LogP contribution in [0.25, 0.3) is 11.5 Å². The van der Waals surface area contributed by atoms with Crippen LogP contribution in [0.2, 0.25) is 0 Å². The number of likely N-dealkylation sites (N-methyl/N-ethyl adjacent to an activating group) is 1. The molecule has 0 unspecified atom stereocenters. The Morgan fingerprint density at radius 1 is 1.25 bits per heavy atom. The molecule has 1 fully saturated rings. The number of aromatic nitrogens is 4. The number of benzene rings is 1.